The van der Waals surface area contributed by atoms with Crippen LogP contribution in [0.3, 0.4) is 0 Å². The van der Waals surface area contributed by atoms with Crippen LogP contribution in [0.4, 0.5) is 34.7 Å². The summed E-state index contributed by atoms with van der Waals surface area (Å²) in [4.78, 5) is 28.0. The van der Waals surface area contributed by atoms with Crippen molar-refractivity contribution in [2.24, 2.45) is 5.73 Å². The molecule has 1 fully saturated rings. The van der Waals surface area contributed by atoms with Gasteiger partial charge in [-0.1, -0.05) is 17.4 Å². The third-order valence-corrected chi connectivity index (χ3v) is 6.92. The molecule has 2 amide bonds. The second-order valence-corrected chi connectivity index (χ2v) is 9.51. The molecule has 5 N–H and O–H groups in total. The largest absolute Gasteiger partial charge is 0.416 e. The third kappa shape index (κ3) is 6.28. The zero-order valence-electron chi connectivity index (χ0n) is 19.8. The molecule has 0 saturated carbocycles. The van der Waals surface area contributed by atoms with E-state index in [0.29, 0.717) is 35.6 Å². The Morgan fingerprint density at radius 2 is 1.94 bits per heavy atom. The number of alkyl halides is 3. The Labute approximate surface area is 210 Å². The Kier molecular flexibility index (Phi) is 7.71. The summed E-state index contributed by atoms with van der Waals surface area (Å²) in [7, 11) is 1.70. The number of hydrogen-bond donors (Lipinski definition) is 4. The molecule has 36 heavy (non-hydrogen) atoms. The zero-order valence-corrected chi connectivity index (χ0v) is 20.6. The first kappa shape index (κ1) is 25.8. The predicted molar refractivity (Wildman–Crippen MR) is 134 cm³/mol. The number of anilines is 3. The molecule has 192 valence electrons. The fourth-order valence-electron chi connectivity index (χ4n) is 3.96. The van der Waals surface area contributed by atoms with E-state index in [1.54, 1.807) is 26.2 Å². The van der Waals surface area contributed by atoms with Crippen LogP contribution in [0, 0.1) is 6.92 Å². The van der Waals surface area contributed by atoms with Gasteiger partial charge in [-0.3, -0.25) is 10.2 Å². The second-order valence-electron chi connectivity index (χ2n) is 8.51. The van der Waals surface area contributed by atoms with Gasteiger partial charge in [-0.15, -0.1) is 0 Å². The number of aryl methyl sites for hydroxylation is 1. The van der Waals surface area contributed by atoms with Gasteiger partial charge in [0.15, 0.2) is 5.13 Å². The number of thiazole rings is 1. The van der Waals surface area contributed by atoms with Crippen LogP contribution in [0.1, 0.15) is 29.7 Å². The predicted octanol–water partition coefficient (Wildman–Crippen LogP) is 4.54. The van der Waals surface area contributed by atoms with Crippen molar-refractivity contribution in [3.63, 3.8) is 0 Å². The molecule has 0 spiro atoms. The van der Waals surface area contributed by atoms with Crippen LogP contribution in [0.25, 0.3) is 10.6 Å². The van der Waals surface area contributed by atoms with Gasteiger partial charge in [-0.25, -0.2) is 19.7 Å². The summed E-state index contributed by atoms with van der Waals surface area (Å²) < 4.78 is 41.4. The lowest BCUT2D eigenvalue weighted by atomic mass is 10.0. The van der Waals surface area contributed by atoms with Crippen LogP contribution in [0.2, 0.25) is 0 Å². The summed E-state index contributed by atoms with van der Waals surface area (Å²) in [5.74, 6) is 0.445. The maximum absolute atomic E-state index is 13.8. The number of carbonyl (C=O) groups excluding carboxylic acids is 1. The van der Waals surface area contributed by atoms with E-state index >= 15 is 0 Å². The van der Waals surface area contributed by atoms with Crippen LogP contribution < -0.4 is 21.7 Å². The molecule has 3 heterocycles. The quantitative estimate of drug-likeness (QED) is 0.377. The number of halogens is 3. The molecule has 1 aliphatic rings. The molecule has 1 saturated heterocycles. The molecule has 13 heteroatoms. The molecule has 1 aromatic carbocycles. The SMILES string of the molecule is CNc1nccc(-c2sc(NC(=O)Nc3ccc(CN4CCC(N)CC4)c(C(F)(F)F)c3)nc2C)n1. The molecule has 0 radical (unpaired) electrons. The van der Waals surface area contributed by atoms with Gasteiger partial charge < -0.3 is 16.4 Å². The molecule has 0 aliphatic carbocycles. The first-order valence-electron chi connectivity index (χ1n) is 11.4. The van der Waals surface area contributed by atoms with Crippen LogP contribution in [-0.4, -0.2) is 52.1 Å². The second kappa shape index (κ2) is 10.8. The lowest BCUT2D eigenvalue weighted by Gasteiger charge is -2.30. The van der Waals surface area contributed by atoms with E-state index in [2.05, 4.69) is 30.9 Å². The van der Waals surface area contributed by atoms with E-state index in [1.165, 1.54) is 23.5 Å². The molecule has 4 rings (SSSR count). The van der Waals surface area contributed by atoms with Crippen molar-refractivity contribution in [3.8, 4) is 10.6 Å². The molecule has 0 bridgehead atoms. The Hall–Kier alpha value is -3.29. The van der Waals surface area contributed by atoms with Gasteiger partial charge in [-0.05, 0) is 56.6 Å². The molecular weight excluding hydrogens is 493 g/mol. The van der Waals surface area contributed by atoms with Gasteiger partial charge in [-0.2, -0.15) is 13.2 Å². The number of nitrogens with one attached hydrogen (secondary N) is 3. The summed E-state index contributed by atoms with van der Waals surface area (Å²) >= 11 is 1.20. The number of nitrogens with two attached hydrogens (primary N) is 1. The Bertz CT molecular complexity index is 1220. The number of nitrogens with zero attached hydrogens (tertiary/aromatic N) is 4. The Morgan fingerprint density at radius 3 is 2.64 bits per heavy atom. The van der Waals surface area contributed by atoms with Crippen molar-refractivity contribution in [1.82, 2.24) is 19.9 Å². The summed E-state index contributed by atoms with van der Waals surface area (Å²) in [6.45, 7) is 3.26. The summed E-state index contributed by atoms with van der Waals surface area (Å²) in [5.41, 5.74) is 6.61. The number of rotatable bonds is 6. The van der Waals surface area contributed by atoms with Crippen molar-refractivity contribution in [1.29, 1.82) is 0 Å². The standard InChI is InChI=1S/C23H27F3N8OS/c1-13-19(18-5-8-29-20(28-2)32-18)36-22(30-13)33-21(35)31-16-4-3-14(17(11-16)23(24,25)26)12-34-9-6-15(27)7-10-34/h3-5,8,11,15H,6-7,9-10,12,27H2,1-2H3,(H,28,29,32)(H2,30,31,33,35). The van der Waals surface area contributed by atoms with E-state index in [9.17, 15) is 18.0 Å². The number of carbonyl (C=O) groups is 1. The fraction of sp³-hybridized carbons (Fsp3) is 0.391. The third-order valence-electron chi connectivity index (χ3n) is 5.83. The van der Waals surface area contributed by atoms with Gasteiger partial charge in [0.1, 0.15) is 0 Å². The number of urea groups is 1. The highest BCUT2D eigenvalue weighted by molar-refractivity contribution is 7.19. The topological polar surface area (TPSA) is 121 Å². The van der Waals surface area contributed by atoms with Gasteiger partial charge in [0.2, 0.25) is 5.95 Å². The number of benzene rings is 1. The van der Waals surface area contributed by atoms with Gasteiger partial charge in [0, 0.05) is 31.5 Å². The number of likely N-dealkylation sites (tertiary alicyclic amines) is 1. The number of piperidine rings is 1. The number of hydrogen-bond acceptors (Lipinski definition) is 8. The Balaban J connectivity index is 1.46. The highest BCUT2D eigenvalue weighted by Crippen LogP contribution is 2.35. The minimum atomic E-state index is -4.55. The minimum Gasteiger partial charge on any atom is -0.357 e. The van der Waals surface area contributed by atoms with Crippen molar-refractivity contribution in [2.75, 3.05) is 36.1 Å². The molecule has 9 nitrogen and oxygen atoms in total. The average Bonchev–Trinajstić information content (AvgIpc) is 3.20. The first-order valence-corrected chi connectivity index (χ1v) is 12.2. The highest BCUT2D eigenvalue weighted by atomic mass is 32.1. The monoisotopic (exact) mass is 520 g/mol. The fourth-order valence-corrected chi connectivity index (χ4v) is 4.89. The van der Waals surface area contributed by atoms with Gasteiger partial charge in [0.05, 0.1) is 21.8 Å². The molecular formula is C23H27F3N8OS. The van der Waals surface area contributed by atoms with E-state index in [-0.39, 0.29) is 23.8 Å². The molecule has 2 aromatic heterocycles. The lowest BCUT2D eigenvalue weighted by molar-refractivity contribution is -0.138. The van der Waals surface area contributed by atoms with Crippen LogP contribution >= 0.6 is 11.3 Å². The van der Waals surface area contributed by atoms with Crippen molar-refractivity contribution < 1.29 is 18.0 Å². The maximum Gasteiger partial charge on any atom is 0.416 e. The molecule has 0 unspecified atom stereocenters. The normalized spacial score (nSPS) is 15.1. The van der Waals surface area contributed by atoms with Crippen LogP contribution in [0.15, 0.2) is 30.5 Å². The first-order chi connectivity index (χ1) is 17.1. The zero-order chi connectivity index (χ0) is 25.9. The minimum absolute atomic E-state index is 0.0344. The van der Waals surface area contributed by atoms with Gasteiger partial charge >= 0.3 is 12.2 Å². The van der Waals surface area contributed by atoms with Crippen molar-refractivity contribution in [2.45, 2.75) is 38.5 Å². The van der Waals surface area contributed by atoms with Crippen LogP contribution in [-0.2, 0) is 12.7 Å². The van der Waals surface area contributed by atoms with Crippen molar-refractivity contribution in [3.05, 3.63) is 47.3 Å². The summed E-state index contributed by atoms with van der Waals surface area (Å²) in [6, 6.07) is 4.97. The molecule has 1 aliphatic heterocycles. The van der Waals surface area contributed by atoms with Crippen LogP contribution in [0.5, 0.6) is 0 Å². The lowest BCUT2D eigenvalue weighted by Crippen LogP contribution is -2.39. The smallest absolute Gasteiger partial charge is 0.357 e. The van der Waals surface area contributed by atoms with E-state index < -0.39 is 17.8 Å². The van der Waals surface area contributed by atoms with E-state index in [1.807, 2.05) is 4.90 Å². The van der Waals surface area contributed by atoms with E-state index in [4.69, 9.17) is 5.73 Å². The summed E-state index contributed by atoms with van der Waals surface area (Å²) in [6.07, 6.45) is -1.43. The highest BCUT2D eigenvalue weighted by Gasteiger charge is 2.34. The van der Waals surface area contributed by atoms with Gasteiger partial charge in [0.25, 0.3) is 0 Å². The van der Waals surface area contributed by atoms with Crippen molar-refractivity contribution >= 4 is 34.1 Å². The molecule has 3 aromatic rings. The number of amides is 2. The maximum atomic E-state index is 13.8. The summed E-state index contributed by atoms with van der Waals surface area (Å²) in [5, 5.41) is 8.22. The number of aromatic nitrogens is 3. The molecule has 0 atom stereocenters. The average molecular weight is 521 g/mol. The van der Waals surface area contributed by atoms with E-state index in [0.717, 1.165) is 23.8 Å². The Morgan fingerprint density at radius 1 is 1.19 bits per heavy atom.